The Kier molecular flexibility index (Phi) is 5.46. The maximum atomic E-state index is 9.59. The second kappa shape index (κ2) is 6.91. The van der Waals surface area contributed by atoms with E-state index in [4.69, 9.17) is 4.74 Å². The highest BCUT2D eigenvalue weighted by Crippen LogP contribution is 2.34. The fourth-order valence-corrected chi connectivity index (χ4v) is 3.93. The van der Waals surface area contributed by atoms with Crippen LogP contribution in [0.3, 0.4) is 0 Å². The molecule has 0 radical (unpaired) electrons. The summed E-state index contributed by atoms with van der Waals surface area (Å²) in [6.07, 6.45) is 9.78. The van der Waals surface area contributed by atoms with E-state index >= 15 is 0 Å². The third kappa shape index (κ3) is 4.20. The van der Waals surface area contributed by atoms with Crippen molar-refractivity contribution in [3.8, 4) is 6.07 Å². The van der Waals surface area contributed by atoms with Crippen molar-refractivity contribution in [1.82, 2.24) is 5.32 Å². The number of nitrogens with zero attached hydrogens (tertiary/aromatic N) is 1. The lowest BCUT2D eigenvalue weighted by Gasteiger charge is -2.40. The van der Waals surface area contributed by atoms with E-state index in [0.717, 1.165) is 31.6 Å². The molecule has 2 aliphatic rings. The second-order valence-electron chi connectivity index (χ2n) is 7.24. The molecule has 114 valence electrons. The molecule has 4 unspecified atom stereocenters. The number of hydrogen-bond acceptors (Lipinski definition) is 3. The van der Waals surface area contributed by atoms with Crippen LogP contribution in [-0.2, 0) is 4.74 Å². The molecule has 0 aromatic heterocycles. The first kappa shape index (κ1) is 15.8. The standard InChI is InChI=1S/C17H30N2O/c1-13(2)19-17(12-18)9-5-8-16(11-17)20-15-7-4-6-14(3)10-15/h13-16,19H,4-11H2,1-3H3. The lowest BCUT2D eigenvalue weighted by atomic mass is 9.80. The van der Waals surface area contributed by atoms with Gasteiger partial charge >= 0.3 is 0 Å². The first-order chi connectivity index (χ1) is 9.53. The van der Waals surface area contributed by atoms with E-state index in [1.54, 1.807) is 0 Å². The minimum atomic E-state index is -0.364. The van der Waals surface area contributed by atoms with Gasteiger partial charge in [0.15, 0.2) is 0 Å². The summed E-state index contributed by atoms with van der Waals surface area (Å²) < 4.78 is 6.35. The minimum Gasteiger partial charge on any atom is -0.375 e. The van der Waals surface area contributed by atoms with Gasteiger partial charge in [-0.1, -0.05) is 19.8 Å². The summed E-state index contributed by atoms with van der Waals surface area (Å²) in [5, 5.41) is 13.1. The molecule has 1 N–H and O–H groups in total. The van der Waals surface area contributed by atoms with Gasteiger partial charge in [0.05, 0.1) is 18.3 Å². The van der Waals surface area contributed by atoms with E-state index in [0.29, 0.717) is 12.1 Å². The molecule has 0 spiro atoms. The lowest BCUT2D eigenvalue weighted by Crippen LogP contribution is -2.52. The summed E-state index contributed by atoms with van der Waals surface area (Å²) in [7, 11) is 0. The van der Waals surface area contributed by atoms with E-state index in [2.05, 4.69) is 32.2 Å². The summed E-state index contributed by atoms with van der Waals surface area (Å²) in [6, 6.07) is 2.88. The van der Waals surface area contributed by atoms with Crippen molar-refractivity contribution in [3.63, 3.8) is 0 Å². The van der Waals surface area contributed by atoms with Gasteiger partial charge in [-0.2, -0.15) is 5.26 Å². The molecule has 0 heterocycles. The van der Waals surface area contributed by atoms with Gasteiger partial charge in [0, 0.05) is 12.5 Å². The van der Waals surface area contributed by atoms with E-state index in [9.17, 15) is 5.26 Å². The molecule has 3 heteroatoms. The summed E-state index contributed by atoms with van der Waals surface area (Å²) in [6.45, 7) is 6.56. The number of nitriles is 1. The van der Waals surface area contributed by atoms with E-state index in [-0.39, 0.29) is 11.6 Å². The summed E-state index contributed by atoms with van der Waals surface area (Å²) in [5.74, 6) is 0.798. The molecule has 0 aliphatic heterocycles. The van der Waals surface area contributed by atoms with Crippen LogP contribution in [0.4, 0.5) is 0 Å². The lowest BCUT2D eigenvalue weighted by molar-refractivity contribution is -0.0637. The first-order valence-electron chi connectivity index (χ1n) is 8.37. The molecule has 0 saturated heterocycles. The highest BCUT2D eigenvalue weighted by atomic mass is 16.5. The fraction of sp³-hybridized carbons (Fsp3) is 0.941. The zero-order valence-electron chi connectivity index (χ0n) is 13.3. The van der Waals surface area contributed by atoms with Gasteiger partial charge in [0.2, 0.25) is 0 Å². The number of rotatable bonds is 4. The average Bonchev–Trinajstić information content (AvgIpc) is 2.38. The van der Waals surface area contributed by atoms with Crippen LogP contribution in [0.15, 0.2) is 0 Å². The Hall–Kier alpha value is -0.590. The zero-order valence-corrected chi connectivity index (χ0v) is 13.3. The Labute approximate surface area is 124 Å². The van der Waals surface area contributed by atoms with Crippen LogP contribution in [0.1, 0.15) is 72.1 Å². The maximum absolute atomic E-state index is 9.59. The molecule has 0 aromatic carbocycles. The van der Waals surface area contributed by atoms with Gasteiger partial charge in [0.25, 0.3) is 0 Å². The Morgan fingerprint density at radius 1 is 1.20 bits per heavy atom. The molecule has 0 amide bonds. The molecular weight excluding hydrogens is 248 g/mol. The quantitative estimate of drug-likeness (QED) is 0.851. The van der Waals surface area contributed by atoms with Crippen LogP contribution in [0.25, 0.3) is 0 Å². The highest BCUT2D eigenvalue weighted by Gasteiger charge is 2.38. The smallest absolute Gasteiger partial charge is 0.109 e. The highest BCUT2D eigenvalue weighted by molar-refractivity contribution is 5.10. The predicted molar refractivity (Wildman–Crippen MR) is 81.4 cm³/mol. The summed E-state index contributed by atoms with van der Waals surface area (Å²) in [4.78, 5) is 0. The molecule has 2 rings (SSSR count). The van der Waals surface area contributed by atoms with Crippen LogP contribution in [0, 0.1) is 17.2 Å². The van der Waals surface area contributed by atoms with Crippen molar-refractivity contribution < 1.29 is 4.74 Å². The van der Waals surface area contributed by atoms with Gasteiger partial charge < -0.3 is 4.74 Å². The van der Waals surface area contributed by atoms with Crippen LogP contribution in [0.5, 0.6) is 0 Å². The third-order valence-corrected chi connectivity index (χ3v) is 4.76. The maximum Gasteiger partial charge on any atom is 0.109 e. The van der Waals surface area contributed by atoms with Crippen LogP contribution < -0.4 is 5.32 Å². The molecule has 2 aliphatic carbocycles. The topological polar surface area (TPSA) is 45.0 Å². The van der Waals surface area contributed by atoms with Crippen LogP contribution >= 0.6 is 0 Å². The van der Waals surface area contributed by atoms with Crippen LogP contribution in [-0.4, -0.2) is 23.8 Å². The number of ether oxygens (including phenoxy) is 1. The van der Waals surface area contributed by atoms with Gasteiger partial charge in [-0.25, -0.2) is 0 Å². The molecular formula is C17H30N2O. The summed E-state index contributed by atoms with van der Waals surface area (Å²) >= 11 is 0. The SMILES string of the molecule is CC1CCCC(OC2CCCC(C#N)(NC(C)C)C2)C1. The van der Waals surface area contributed by atoms with Gasteiger partial charge in [-0.05, 0) is 51.9 Å². The Morgan fingerprint density at radius 2 is 1.95 bits per heavy atom. The van der Waals surface area contributed by atoms with Gasteiger partial charge in [-0.3, -0.25) is 5.32 Å². The number of nitrogens with one attached hydrogen (secondary N) is 1. The Bertz CT molecular complexity index is 349. The molecule has 0 aromatic rings. The summed E-state index contributed by atoms with van der Waals surface area (Å²) in [5.41, 5.74) is -0.364. The number of hydrogen-bond donors (Lipinski definition) is 1. The van der Waals surface area contributed by atoms with Crippen LogP contribution in [0.2, 0.25) is 0 Å². The third-order valence-electron chi connectivity index (χ3n) is 4.76. The predicted octanol–water partition coefficient (Wildman–Crippen LogP) is 3.78. The van der Waals surface area contributed by atoms with Crippen molar-refractivity contribution in [2.45, 2.75) is 95.9 Å². The fourth-order valence-electron chi connectivity index (χ4n) is 3.93. The van der Waals surface area contributed by atoms with Gasteiger partial charge in [-0.15, -0.1) is 0 Å². The van der Waals surface area contributed by atoms with Crippen molar-refractivity contribution in [3.05, 3.63) is 0 Å². The average molecular weight is 278 g/mol. The second-order valence-corrected chi connectivity index (χ2v) is 7.24. The Morgan fingerprint density at radius 3 is 2.60 bits per heavy atom. The molecule has 20 heavy (non-hydrogen) atoms. The molecule has 3 nitrogen and oxygen atoms in total. The monoisotopic (exact) mass is 278 g/mol. The minimum absolute atomic E-state index is 0.268. The normalized spacial score (nSPS) is 38.6. The van der Waals surface area contributed by atoms with Crippen molar-refractivity contribution in [2.24, 2.45) is 5.92 Å². The van der Waals surface area contributed by atoms with Crippen molar-refractivity contribution in [1.29, 1.82) is 5.26 Å². The van der Waals surface area contributed by atoms with Crippen molar-refractivity contribution >= 4 is 0 Å². The van der Waals surface area contributed by atoms with Crippen molar-refractivity contribution in [2.75, 3.05) is 0 Å². The van der Waals surface area contributed by atoms with E-state index in [1.807, 2.05) is 0 Å². The van der Waals surface area contributed by atoms with E-state index in [1.165, 1.54) is 25.7 Å². The Balaban J connectivity index is 1.91. The largest absolute Gasteiger partial charge is 0.375 e. The molecule has 2 saturated carbocycles. The molecule has 0 bridgehead atoms. The first-order valence-corrected chi connectivity index (χ1v) is 8.37. The zero-order chi connectivity index (χ0) is 14.6. The van der Waals surface area contributed by atoms with Gasteiger partial charge in [0.1, 0.15) is 5.54 Å². The molecule has 2 fully saturated rings. The van der Waals surface area contributed by atoms with E-state index < -0.39 is 0 Å². The molecule has 4 atom stereocenters.